The summed E-state index contributed by atoms with van der Waals surface area (Å²) in [5, 5.41) is 9.78. The molecule has 0 fully saturated rings. The predicted octanol–water partition coefficient (Wildman–Crippen LogP) is 4.56. The van der Waals surface area contributed by atoms with Crippen molar-refractivity contribution in [2.45, 2.75) is 63.5 Å². The van der Waals surface area contributed by atoms with Gasteiger partial charge in [-0.25, -0.2) is 13.2 Å². The number of carbonyl (C=O) groups is 2. The van der Waals surface area contributed by atoms with Crippen molar-refractivity contribution in [1.29, 1.82) is 0 Å². The van der Waals surface area contributed by atoms with Gasteiger partial charge in [0.25, 0.3) is 0 Å². The lowest BCUT2D eigenvalue weighted by Gasteiger charge is -2.18. The lowest BCUT2D eigenvalue weighted by atomic mass is 9.87. The standard InChI is InChI=1S/C25H29N3O6S2/c1-25(2,3)16-12-10-15(11-13-16)21-27-28-24(34-21)36(31,32)14-19(29)26-22-20(23(30)33-4)17-8-6-5-7-9-18(17)35-22/h10-13H,5-9,14H2,1-4H3,(H,26,29). The molecule has 36 heavy (non-hydrogen) atoms. The third kappa shape index (κ3) is 5.52. The number of esters is 1. The first kappa shape index (κ1) is 26.0. The van der Waals surface area contributed by atoms with Crippen molar-refractivity contribution >= 4 is 38.1 Å². The molecule has 0 saturated heterocycles. The molecule has 1 aliphatic carbocycles. The zero-order valence-electron chi connectivity index (χ0n) is 20.7. The van der Waals surface area contributed by atoms with Crippen molar-refractivity contribution in [3.63, 3.8) is 0 Å². The summed E-state index contributed by atoms with van der Waals surface area (Å²) in [7, 11) is -2.93. The lowest BCUT2D eigenvalue weighted by molar-refractivity contribution is -0.113. The van der Waals surface area contributed by atoms with Gasteiger partial charge in [-0.1, -0.05) is 44.4 Å². The van der Waals surface area contributed by atoms with E-state index in [0.29, 0.717) is 22.5 Å². The number of thiophene rings is 1. The molecule has 3 aromatic rings. The molecule has 0 bridgehead atoms. The number of hydrogen-bond donors (Lipinski definition) is 1. The molecule has 4 rings (SSSR count). The highest BCUT2D eigenvalue weighted by Gasteiger charge is 2.30. The predicted molar refractivity (Wildman–Crippen MR) is 136 cm³/mol. The normalized spacial score (nSPS) is 14.1. The van der Waals surface area contributed by atoms with Gasteiger partial charge in [0.05, 0.1) is 12.7 Å². The number of amides is 1. The third-order valence-electron chi connectivity index (χ3n) is 6.06. The van der Waals surface area contributed by atoms with Gasteiger partial charge in [0.15, 0.2) is 0 Å². The van der Waals surface area contributed by atoms with Crippen LogP contribution in [-0.2, 0) is 37.6 Å². The maximum absolute atomic E-state index is 12.8. The average molecular weight is 532 g/mol. The Morgan fingerprint density at radius 2 is 1.78 bits per heavy atom. The van der Waals surface area contributed by atoms with Gasteiger partial charge in [-0.05, 0) is 54.4 Å². The van der Waals surface area contributed by atoms with E-state index in [-0.39, 0.29) is 11.3 Å². The number of carbonyl (C=O) groups excluding carboxylic acids is 2. The minimum absolute atomic E-state index is 0.0377. The Morgan fingerprint density at radius 1 is 1.08 bits per heavy atom. The highest BCUT2D eigenvalue weighted by atomic mass is 32.2. The molecule has 9 nitrogen and oxygen atoms in total. The summed E-state index contributed by atoms with van der Waals surface area (Å²) in [6, 6.07) is 7.41. The van der Waals surface area contributed by atoms with Crippen LogP contribution < -0.4 is 5.32 Å². The second-order valence-electron chi connectivity index (χ2n) is 9.77. The van der Waals surface area contributed by atoms with E-state index in [1.165, 1.54) is 18.4 Å². The molecule has 192 valence electrons. The van der Waals surface area contributed by atoms with Crippen LogP contribution in [0.1, 0.15) is 66.4 Å². The van der Waals surface area contributed by atoms with Crippen molar-refractivity contribution in [2.75, 3.05) is 18.2 Å². The summed E-state index contributed by atoms with van der Waals surface area (Å²) in [4.78, 5) is 26.2. The molecule has 11 heteroatoms. The Morgan fingerprint density at radius 3 is 2.44 bits per heavy atom. The minimum atomic E-state index is -4.21. The summed E-state index contributed by atoms with van der Waals surface area (Å²) < 4.78 is 36.0. The number of hydrogen-bond acceptors (Lipinski definition) is 9. The van der Waals surface area contributed by atoms with Gasteiger partial charge in [-0.2, -0.15) is 0 Å². The Hall–Kier alpha value is -3.05. The molecule has 2 heterocycles. The van der Waals surface area contributed by atoms with Crippen LogP contribution >= 0.6 is 11.3 Å². The van der Waals surface area contributed by atoms with E-state index in [0.717, 1.165) is 41.7 Å². The minimum Gasteiger partial charge on any atom is -0.465 e. The van der Waals surface area contributed by atoms with Crippen LogP contribution in [0.3, 0.4) is 0 Å². The topological polar surface area (TPSA) is 128 Å². The average Bonchev–Trinajstić information content (AvgIpc) is 3.37. The Kier molecular flexibility index (Phi) is 7.33. The molecular formula is C25H29N3O6S2. The zero-order valence-corrected chi connectivity index (χ0v) is 22.3. The van der Waals surface area contributed by atoms with Gasteiger partial charge in [0, 0.05) is 10.4 Å². The maximum atomic E-state index is 12.8. The first-order valence-corrected chi connectivity index (χ1v) is 14.2. The number of anilines is 1. The van der Waals surface area contributed by atoms with E-state index < -0.39 is 32.7 Å². The number of rotatable bonds is 6. The first-order valence-electron chi connectivity index (χ1n) is 11.7. The fourth-order valence-electron chi connectivity index (χ4n) is 4.11. The van der Waals surface area contributed by atoms with E-state index >= 15 is 0 Å². The molecule has 0 spiro atoms. The van der Waals surface area contributed by atoms with E-state index in [1.807, 2.05) is 12.1 Å². The molecular weight excluding hydrogens is 502 g/mol. The maximum Gasteiger partial charge on any atom is 0.341 e. The van der Waals surface area contributed by atoms with Crippen LogP contribution in [0.25, 0.3) is 11.5 Å². The summed E-state index contributed by atoms with van der Waals surface area (Å²) in [6.45, 7) is 6.27. The lowest BCUT2D eigenvalue weighted by Crippen LogP contribution is -2.24. The molecule has 0 aliphatic heterocycles. The Balaban J connectivity index is 1.51. The molecule has 0 unspecified atom stereocenters. The van der Waals surface area contributed by atoms with Gasteiger partial charge in [0.1, 0.15) is 10.8 Å². The zero-order chi connectivity index (χ0) is 26.1. The van der Waals surface area contributed by atoms with Crippen molar-refractivity contribution < 1.29 is 27.2 Å². The fraction of sp³-hybridized carbons (Fsp3) is 0.440. The number of methoxy groups -OCH3 is 1. The number of aryl methyl sites for hydroxylation is 1. The number of aromatic nitrogens is 2. The summed E-state index contributed by atoms with van der Waals surface area (Å²) in [6.07, 6.45) is 4.52. The molecule has 1 aromatic carbocycles. The highest BCUT2D eigenvalue weighted by Crippen LogP contribution is 2.38. The highest BCUT2D eigenvalue weighted by molar-refractivity contribution is 7.91. The van der Waals surface area contributed by atoms with Gasteiger partial charge >= 0.3 is 11.2 Å². The number of sulfone groups is 1. The van der Waals surface area contributed by atoms with Crippen LogP contribution in [0.5, 0.6) is 0 Å². The van der Waals surface area contributed by atoms with Crippen LogP contribution in [0.15, 0.2) is 33.9 Å². The van der Waals surface area contributed by atoms with Gasteiger partial charge in [-0.3, -0.25) is 4.79 Å². The molecule has 1 aliphatic rings. The van der Waals surface area contributed by atoms with E-state index in [9.17, 15) is 18.0 Å². The number of benzene rings is 1. The quantitative estimate of drug-likeness (QED) is 0.362. The van der Waals surface area contributed by atoms with E-state index in [1.54, 1.807) is 12.1 Å². The first-order chi connectivity index (χ1) is 17.0. The van der Waals surface area contributed by atoms with Gasteiger partial charge in [0.2, 0.25) is 21.6 Å². The molecule has 1 amide bonds. The van der Waals surface area contributed by atoms with Crippen molar-refractivity contribution in [1.82, 2.24) is 10.2 Å². The summed E-state index contributed by atoms with van der Waals surface area (Å²) in [5.74, 6) is -2.21. The third-order valence-corrected chi connectivity index (χ3v) is 8.60. The van der Waals surface area contributed by atoms with Crippen LogP contribution in [0, 0.1) is 0 Å². The van der Waals surface area contributed by atoms with Crippen molar-refractivity contribution in [3.8, 4) is 11.5 Å². The smallest absolute Gasteiger partial charge is 0.341 e. The number of nitrogens with zero attached hydrogens (tertiary/aromatic N) is 2. The largest absolute Gasteiger partial charge is 0.465 e. The van der Waals surface area contributed by atoms with Crippen molar-refractivity contribution in [2.24, 2.45) is 0 Å². The molecule has 2 aromatic heterocycles. The second kappa shape index (κ2) is 10.1. The van der Waals surface area contributed by atoms with Crippen LogP contribution in [-0.4, -0.2) is 43.4 Å². The van der Waals surface area contributed by atoms with Crippen LogP contribution in [0.4, 0.5) is 5.00 Å². The monoisotopic (exact) mass is 531 g/mol. The number of nitrogens with one attached hydrogen (secondary N) is 1. The van der Waals surface area contributed by atoms with Crippen LogP contribution in [0.2, 0.25) is 0 Å². The second-order valence-corrected chi connectivity index (χ2v) is 12.7. The Bertz CT molecular complexity index is 1380. The molecule has 0 radical (unpaired) electrons. The van der Waals surface area contributed by atoms with Crippen molar-refractivity contribution in [3.05, 3.63) is 45.8 Å². The summed E-state index contributed by atoms with van der Waals surface area (Å²) >= 11 is 1.29. The summed E-state index contributed by atoms with van der Waals surface area (Å²) in [5.41, 5.74) is 2.83. The number of ether oxygens (including phenoxy) is 1. The van der Waals surface area contributed by atoms with Gasteiger partial charge in [-0.15, -0.1) is 16.4 Å². The van der Waals surface area contributed by atoms with E-state index in [2.05, 4.69) is 36.3 Å². The van der Waals surface area contributed by atoms with E-state index in [4.69, 9.17) is 9.15 Å². The molecule has 0 saturated carbocycles. The number of fused-ring (bicyclic) bond motifs is 1. The molecule has 1 N–H and O–H groups in total. The fourth-order valence-corrected chi connectivity index (χ4v) is 6.32. The Labute approximate surface area is 214 Å². The molecule has 0 atom stereocenters. The van der Waals surface area contributed by atoms with Gasteiger partial charge < -0.3 is 14.5 Å². The SMILES string of the molecule is COC(=O)c1c(NC(=O)CS(=O)(=O)c2nnc(-c3ccc(C(C)(C)C)cc3)o2)sc2c1CCCCC2.